The first-order valence-corrected chi connectivity index (χ1v) is 6.61. The molecule has 4 nitrogen and oxygen atoms in total. The molecule has 2 aromatic rings. The smallest absolute Gasteiger partial charge is 0.247 e. The largest absolute Gasteiger partial charge is 0.319 e. The normalized spacial score (nSPS) is 10.3. The van der Waals surface area contributed by atoms with Crippen molar-refractivity contribution in [1.82, 2.24) is 9.78 Å². The second kappa shape index (κ2) is 5.92. The van der Waals surface area contributed by atoms with Gasteiger partial charge in [0.2, 0.25) is 5.91 Å². The van der Waals surface area contributed by atoms with Crippen molar-refractivity contribution in [3.05, 3.63) is 58.9 Å². The molecule has 5 heteroatoms. The number of carbonyl (C=O) groups excluding carboxylic acids is 1. The van der Waals surface area contributed by atoms with Crippen LogP contribution in [0.15, 0.2) is 36.9 Å². The van der Waals surface area contributed by atoms with Crippen molar-refractivity contribution >= 4 is 23.2 Å². The van der Waals surface area contributed by atoms with Gasteiger partial charge in [-0.05, 0) is 31.6 Å². The SMILES string of the molecule is C=CC(=O)Nc1c(C)nn(Cc2ccccc2Cl)c1C. The summed E-state index contributed by atoms with van der Waals surface area (Å²) in [5.41, 5.74) is 3.37. The van der Waals surface area contributed by atoms with E-state index in [4.69, 9.17) is 11.6 Å². The highest BCUT2D eigenvalue weighted by atomic mass is 35.5. The van der Waals surface area contributed by atoms with E-state index in [-0.39, 0.29) is 5.91 Å². The highest BCUT2D eigenvalue weighted by molar-refractivity contribution is 6.31. The number of benzene rings is 1. The van der Waals surface area contributed by atoms with Gasteiger partial charge in [-0.2, -0.15) is 5.10 Å². The summed E-state index contributed by atoms with van der Waals surface area (Å²) >= 11 is 6.16. The topological polar surface area (TPSA) is 46.9 Å². The predicted octanol–water partition coefficient (Wildman–Crippen LogP) is 3.33. The van der Waals surface area contributed by atoms with Crippen LogP contribution in [-0.2, 0) is 11.3 Å². The summed E-state index contributed by atoms with van der Waals surface area (Å²) in [6, 6.07) is 7.64. The summed E-state index contributed by atoms with van der Waals surface area (Å²) in [6.45, 7) is 7.78. The molecule has 104 valence electrons. The summed E-state index contributed by atoms with van der Waals surface area (Å²) in [5.74, 6) is -0.242. The van der Waals surface area contributed by atoms with E-state index in [0.29, 0.717) is 11.6 Å². The number of amides is 1. The number of nitrogens with one attached hydrogen (secondary N) is 1. The predicted molar refractivity (Wildman–Crippen MR) is 81.1 cm³/mol. The zero-order valence-corrected chi connectivity index (χ0v) is 12.2. The van der Waals surface area contributed by atoms with Crippen molar-refractivity contribution in [1.29, 1.82) is 0 Å². The van der Waals surface area contributed by atoms with Crippen LogP contribution in [0.1, 0.15) is 17.0 Å². The Morgan fingerprint density at radius 2 is 2.15 bits per heavy atom. The van der Waals surface area contributed by atoms with Crippen molar-refractivity contribution in [2.24, 2.45) is 0 Å². The lowest BCUT2D eigenvalue weighted by molar-refractivity contribution is -0.111. The van der Waals surface area contributed by atoms with Gasteiger partial charge in [0.05, 0.1) is 23.6 Å². The van der Waals surface area contributed by atoms with Gasteiger partial charge in [-0.15, -0.1) is 0 Å². The fraction of sp³-hybridized carbons (Fsp3) is 0.200. The molecule has 1 aromatic heterocycles. The minimum Gasteiger partial charge on any atom is -0.319 e. The zero-order chi connectivity index (χ0) is 14.7. The van der Waals surface area contributed by atoms with E-state index in [1.54, 1.807) is 0 Å². The van der Waals surface area contributed by atoms with Crippen molar-refractivity contribution in [3.8, 4) is 0 Å². The fourth-order valence-electron chi connectivity index (χ4n) is 1.99. The molecule has 0 atom stereocenters. The van der Waals surface area contributed by atoms with Crippen LogP contribution in [0.4, 0.5) is 5.69 Å². The van der Waals surface area contributed by atoms with Crippen LogP contribution in [0.5, 0.6) is 0 Å². The fourth-order valence-corrected chi connectivity index (χ4v) is 2.19. The van der Waals surface area contributed by atoms with Crippen LogP contribution in [0.2, 0.25) is 5.02 Å². The molecule has 0 radical (unpaired) electrons. The highest BCUT2D eigenvalue weighted by Gasteiger charge is 2.13. The Balaban J connectivity index is 2.30. The minimum atomic E-state index is -0.242. The van der Waals surface area contributed by atoms with Crippen LogP contribution < -0.4 is 5.32 Å². The second-order valence-corrected chi connectivity index (χ2v) is 4.90. The molecule has 0 saturated heterocycles. The van der Waals surface area contributed by atoms with Crippen molar-refractivity contribution in [2.45, 2.75) is 20.4 Å². The number of aromatic nitrogens is 2. The van der Waals surface area contributed by atoms with Gasteiger partial charge < -0.3 is 5.32 Å². The molecule has 0 aliphatic rings. The first kappa shape index (κ1) is 14.3. The van der Waals surface area contributed by atoms with Crippen molar-refractivity contribution < 1.29 is 4.79 Å². The van der Waals surface area contributed by atoms with Crippen molar-refractivity contribution in [3.63, 3.8) is 0 Å². The number of nitrogens with zero attached hydrogens (tertiary/aromatic N) is 2. The Morgan fingerprint density at radius 3 is 2.80 bits per heavy atom. The summed E-state index contributed by atoms with van der Waals surface area (Å²) in [6.07, 6.45) is 1.24. The number of rotatable bonds is 4. The summed E-state index contributed by atoms with van der Waals surface area (Å²) < 4.78 is 1.83. The summed E-state index contributed by atoms with van der Waals surface area (Å²) in [4.78, 5) is 11.4. The van der Waals surface area contributed by atoms with Gasteiger partial charge in [-0.1, -0.05) is 36.4 Å². The number of aryl methyl sites for hydroxylation is 1. The molecular weight excluding hydrogens is 274 g/mol. The molecule has 0 fully saturated rings. The van der Waals surface area contributed by atoms with Gasteiger partial charge >= 0.3 is 0 Å². The molecule has 2 rings (SSSR count). The average molecular weight is 290 g/mol. The molecule has 0 aliphatic heterocycles. The molecule has 1 N–H and O–H groups in total. The standard InChI is InChI=1S/C15H16ClN3O/c1-4-14(20)17-15-10(2)18-19(11(15)3)9-12-7-5-6-8-13(12)16/h4-8H,1,9H2,2-3H3,(H,17,20). The van der Waals surface area contributed by atoms with E-state index in [1.807, 2.05) is 42.8 Å². The molecular formula is C15H16ClN3O. The van der Waals surface area contributed by atoms with Crippen LogP contribution >= 0.6 is 11.6 Å². The summed E-state index contributed by atoms with van der Waals surface area (Å²) in [7, 11) is 0. The highest BCUT2D eigenvalue weighted by Crippen LogP contribution is 2.22. The molecule has 0 saturated carbocycles. The monoisotopic (exact) mass is 289 g/mol. The number of anilines is 1. The Kier molecular flexibility index (Phi) is 4.25. The van der Waals surface area contributed by atoms with E-state index in [2.05, 4.69) is 17.0 Å². The van der Waals surface area contributed by atoms with Crippen LogP contribution in [0, 0.1) is 13.8 Å². The number of halogens is 1. The average Bonchev–Trinajstić information content (AvgIpc) is 2.69. The maximum absolute atomic E-state index is 11.4. The first-order chi connectivity index (χ1) is 9.52. The molecule has 20 heavy (non-hydrogen) atoms. The maximum Gasteiger partial charge on any atom is 0.247 e. The second-order valence-electron chi connectivity index (χ2n) is 4.49. The van der Waals surface area contributed by atoms with Crippen LogP contribution in [-0.4, -0.2) is 15.7 Å². The molecule has 1 amide bonds. The van der Waals surface area contributed by atoms with Crippen LogP contribution in [0.3, 0.4) is 0 Å². The van der Waals surface area contributed by atoms with Crippen molar-refractivity contribution in [2.75, 3.05) is 5.32 Å². The Morgan fingerprint density at radius 1 is 1.45 bits per heavy atom. The van der Waals surface area contributed by atoms with E-state index in [9.17, 15) is 4.79 Å². The van der Waals surface area contributed by atoms with E-state index in [0.717, 1.165) is 22.6 Å². The van der Waals surface area contributed by atoms with Gasteiger partial charge in [0.15, 0.2) is 0 Å². The maximum atomic E-state index is 11.4. The molecule has 0 spiro atoms. The van der Waals surface area contributed by atoms with E-state index >= 15 is 0 Å². The van der Waals surface area contributed by atoms with Gasteiger partial charge in [-0.3, -0.25) is 9.48 Å². The van der Waals surface area contributed by atoms with Gasteiger partial charge in [-0.25, -0.2) is 0 Å². The third kappa shape index (κ3) is 2.91. The first-order valence-electron chi connectivity index (χ1n) is 6.23. The van der Waals surface area contributed by atoms with Crippen LogP contribution in [0.25, 0.3) is 0 Å². The lowest BCUT2D eigenvalue weighted by atomic mass is 10.2. The minimum absolute atomic E-state index is 0.242. The molecule has 0 bridgehead atoms. The third-order valence-corrected chi connectivity index (χ3v) is 3.46. The Bertz CT molecular complexity index is 661. The van der Waals surface area contributed by atoms with Gasteiger partial charge in [0.25, 0.3) is 0 Å². The zero-order valence-electron chi connectivity index (χ0n) is 11.5. The lowest BCUT2D eigenvalue weighted by Gasteiger charge is -2.07. The quantitative estimate of drug-likeness (QED) is 0.878. The Labute approximate surface area is 123 Å². The van der Waals surface area contributed by atoms with Gasteiger partial charge in [0.1, 0.15) is 0 Å². The van der Waals surface area contributed by atoms with E-state index < -0.39 is 0 Å². The van der Waals surface area contributed by atoms with E-state index in [1.165, 1.54) is 6.08 Å². The third-order valence-electron chi connectivity index (χ3n) is 3.09. The molecule has 1 aromatic carbocycles. The molecule has 0 unspecified atom stereocenters. The number of carbonyl (C=O) groups is 1. The van der Waals surface area contributed by atoms with Gasteiger partial charge in [0, 0.05) is 5.02 Å². The summed E-state index contributed by atoms with van der Waals surface area (Å²) in [5, 5.41) is 7.92. The number of hydrogen-bond acceptors (Lipinski definition) is 2. The molecule has 1 heterocycles. The lowest BCUT2D eigenvalue weighted by Crippen LogP contribution is -2.09. The number of hydrogen-bond donors (Lipinski definition) is 1. The molecule has 0 aliphatic carbocycles. The Hall–Kier alpha value is -2.07.